The first-order chi connectivity index (χ1) is 19.3. The van der Waals surface area contributed by atoms with Crippen LogP contribution in [0.4, 0.5) is 5.95 Å². The Morgan fingerprint density at radius 1 is 1.10 bits per heavy atom. The van der Waals surface area contributed by atoms with Crippen molar-refractivity contribution >= 4 is 51.0 Å². The summed E-state index contributed by atoms with van der Waals surface area (Å²) >= 11 is 11.3. The number of ether oxygens (including phenoxy) is 2. The van der Waals surface area contributed by atoms with Crippen molar-refractivity contribution in [1.82, 2.24) is 14.8 Å². The van der Waals surface area contributed by atoms with Crippen molar-refractivity contribution in [2.75, 3.05) is 11.9 Å². The predicted molar refractivity (Wildman–Crippen MR) is 162 cm³/mol. The first kappa shape index (κ1) is 28.3. The zero-order valence-electron chi connectivity index (χ0n) is 22.3. The van der Waals surface area contributed by atoms with E-state index in [1.807, 2.05) is 80.6 Å². The summed E-state index contributed by atoms with van der Waals surface area (Å²) in [6.07, 6.45) is 0. The van der Waals surface area contributed by atoms with Gasteiger partial charge >= 0.3 is 0 Å². The topological polar surface area (TPSA) is 78.3 Å². The number of carbonyl (C=O) groups is 1. The molecule has 0 bridgehead atoms. The van der Waals surface area contributed by atoms with Crippen molar-refractivity contribution in [2.45, 2.75) is 44.3 Å². The fourth-order valence-electron chi connectivity index (χ4n) is 4.54. The number of aromatic nitrogens is 3. The van der Waals surface area contributed by atoms with Gasteiger partial charge in [0.15, 0.2) is 17.3 Å². The fraction of sp³-hybridized carbons (Fsp3) is 0.233. The summed E-state index contributed by atoms with van der Waals surface area (Å²) in [5.74, 6) is 2.38. The molecule has 40 heavy (non-hydrogen) atoms. The molecule has 1 aliphatic heterocycles. The highest BCUT2D eigenvalue weighted by molar-refractivity contribution is 9.10. The predicted octanol–water partition coefficient (Wildman–Crippen LogP) is 7.84. The Kier molecular flexibility index (Phi) is 8.83. The molecule has 0 radical (unpaired) electrons. The minimum absolute atomic E-state index is 0.0463. The molecule has 1 aliphatic rings. The van der Waals surface area contributed by atoms with Gasteiger partial charge in [-0.25, -0.2) is 4.68 Å². The van der Waals surface area contributed by atoms with E-state index in [1.165, 1.54) is 11.8 Å². The second-order valence-corrected chi connectivity index (χ2v) is 11.5. The third kappa shape index (κ3) is 6.22. The van der Waals surface area contributed by atoms with Gasteiger partial charge in [-0.15, -0.1) is 5.10 Å². The van der Waals surface area contributed by atoms with Crippen LogP contribution < -0.4 is 14.8 Å². The Labute approximate surface area is 251 Å². The standard InChI is InChI=1S/C30H28BrClN4O3S/c1-4-38-26-15-21(11-14-25(26)39-16-20-9-12-23(31)13-10-20)28-27(19(3)37)18(2)33-29-34-30(35-36(28)29)40-17-22-7-5-6-8-24(22)32/h5-15,28H,4,16-17H2,1-3H3,(H,33,34,35). The maximum Gasteiger partial charge on any atom is 0.227 e. The minimum Gasteiger partial charge on any atom is -0.490 e. The number of benzene rings is 3. The number of nitrogens with one attached hydrogen (secondary N) is 1. The quantitative estimate of drug-likeness (QED) is 0.177. The highest BCUT2D eigenvalue weighted by Gasteiger charge is 2.33. The van der Waals surface area contributed by atoms with Crippen molar-refractivity contribution < 1.29 is 14.3 Å². The lowest BCUT2D eigenvalue weighted by molar-refractivity contribution is -0.114. The molecular weight excluding hydrogens is 612 g/mol. The van der Waals surface area contributed by atoms with E-state index in [2.05, 4.69) is 21.2 Å². The molecule has 10 heteroatoms. The number of carbonyl (C=O) groups excluding carboxylic acids is 1. The summed E-state index contributed by atoms with van der Waals surface area (Å²) in [4.78, 5) is 17.6. The van der Waals surface area contributed by atoms with Gasteiger partial charge in [0, 0.05) is 26.5 Å². The zero-order valence-corrected chi connectivity index (χ0v) is 25.4. The molecule has 5 rings (SSSR count). The van der Waals surface area contributed by atoms with Gasteiger partial charge in [0.25, 0.3) is 0 Å². The molecule has 1 N–H and O–H groups in total. The third-order valence-electron chi connectivity index (χ3n) is 6.42. The second kappa shape index (κ2) is 12.5. The van der Waals surface area contributed by atoms with Crippen molar-refractivity contribution in [2.24, 2.45) is 0 Å². The number of fused-ring (bicyclic) bond motifs is 1. The van der Waals surface area contributed by atoms with Crippen LogP contribution in [0.25, 0.3) is 0 Å². The highest BCUT2D eigenvalue weighted by Crippen LogP contribution is 2.40. The van der Waals surface area contributed by atoms with E-state index in [9.17, 15) is 4.79 Å². The molecule has 4 aromatic rings. The lowest BCUT2D eigenvalue weighted by Crippen LogP contribution is -2.27. The lowest BCUT2D eigenvalue weighted by atomic mass is 9.93. The molecule has 0 saturated heterocycles. The first-order valence-corrected chi connectivity index (χ1v) is 14.9. The molecule has 0 saturated carbocycles. The Balaban J connectivity index is 1.46. The van der Waals surface area contributed by atoms with Crippen LogP contribution in [0.3, 0.4) is 0 Å². The first-order valence-electron chi connectivity index (χ1n) is 12.8. The van der Waals surface area contributed by atoms with Crippen LogP contribution in [-0.4, -0.2) is 27.2 Å². The molecule has 0 fully saturated rings. The molecule has 0 spiro atoms. The van der Waals surface area contributed by atoms with Crippen molar-refractivity contribution in [3.8, 4) is 11.5 Å². The number of rotatable bonds is 10. The van der Waals surface area contributed by atoms with Gasteiger partial charge in [0.2, 0.25) is 11.1 Å². The van der Waals surface area contributed by atoms with E-state index in [1.54, 1.807) is 11.6 Å². The van der Waals surface area contributed by atoms with Crippen molar-refractivity contribution in [3.05, 3.63) is 104 Å². The van der Waals surface area contributed by atoms with Crippen LogP contribution in [0.1, 0.15) is 43.5 Å². The fourth-order valence-corrected chi connectivity index (χ4v) is 5.92. The van der Waals surface area contributed by atoms with Crippen molar-refractivity contribution in [3.63, 3.8) is 0 Å². The van der Waals surface area contributed by atoms with E-state index in [0.29, 0.717) is 52.2 Å². The maximum atomic E-state index is 12.9. The summed E-state index contributed by atoms with van der Waals surface area (Å²) in [6.45, 7) is 6.26. The van der Waals surface area contributed by atoms with Gasteiger partial charge in [-0.1, -0.05) is 75.7 Å². The van der Waals surface area contributed by atoms with Gasteiger partial charge in [0.05, 0.1) is 6.61 Å². The largest absolute Gasteiger partial charge is 0.490 e. The Morgan fingerprint density at radius 3 is 2.60 bits per heavy atom. The number of thioether (sulfide) groups is 1. The average Bonchev–Trinajstić information content (AvgIpc) is 3.34. The number of Topliss-reactive ketones (excluding diaryl/α,β-unsaturated/α-hetero) is 1. The average molecular weight is 640 g/mol. The van der Waals surface area contributed by atoms with Gasteiger partial charge in [-0.3, -0.25) is 4.79 Å². The molecule has 1 unspecified atom stereocenters. The van der Waals surface area contributed by atoms with E-state index < -0.39 is 6.04 Å². The van der Waals surface area contributed by atoms with Gasteiger partial charge in [0.1, 0.15) is 12.6 Å². The van der Waals surface area contributed by atoms with Crippen LogP contribution in [0.5, 0.6) is 11.5 Å². The molecule has 3 aromatic carbocycles. The van der Waals surface area contributed by atoms with Crippen molar-refractivity contribution in [1.29, 1.82) is 0 Å². The highest BCUT2D eigenvalue weighted by atomic mass is 79.9. The molecule has 1 atom stereocenters. The monoisotopic (exact) mass is 638 g/mol. The summed E-state index contributed by atoms with van der Waals surface area (Å²) in [6, 6.07) is 21.0. The van der Waals surface area contributed by atoms with E-state index in [-0.39, 0.29) is 5.78 Å². The normalized spacial score (nSPS) is 14.5. The molecular formula is C30H28BrClN4O3S. The number of nitrogens with zero attached hydrogens (tertiary/aromatic N) is 3. The number of allylic oxidation sites excluding steroid dienone is 2. The Hall–Kier alpha value is -3.27. The minimum atomic E-state index is -0.476. The van der Waals surface area contributed by atoms with E-state index in [4.69, 9.17) is 31.2 Å². The Bertz CT molecular complexity index is 1570. The van der Waals surface area contributed by atoms with Gasteiger partial charge in [-0.2, -0.15) is 4.98 Å². The maximum absolute atomic E-state index is 12.9. The molecule has 0 aliphatic carbocycles. The molecule has 206 valence electrons. The summed E-state index contributed by atoms with van der Waals surface area (Å²) in [7, 11) is 0. The van der Waals surface area contributed by atoms with Crippen LogP contribution >= 0.6 is 39.3 Å². The molecule has 7 nitrogen and oxygen atoms in total. The van der Waals surface area contributed by atoms with E-state index in [0.717, 1.165) is 26.9 Å². The third-order valence-corrected chi connectivity index (χ3v) is 8.20. The summed E-state index contributed by atoms with van der Waals surface area (Å²) in [5.41, 5.74) is 4.25. The summed E-state index contributed by atoms with van der Waals surface area (Å²) in [5, 5.41) is 9.36. The summed E-state index contributed by atoms with van der Waals surface area (Å²) < 4.78 is 14.9. The number of hydrogen-bond donors (Lipinski definition) is 1. The van der Waals surface area contributed by atoms with Crippen LogP contribution in [0.2, 0.25) is 5.02 Å². The number of anilines is 1. The van der Waals surface area contributed by atoms with E-state index >= 15 is 0 Å². The number of ketones is 1. The molecule has 0 amide bonds. The van der Waals surface area contributed by atoms with Crippen LogP contribution in [0, 0.1) is 0 Å². The second-order valence-electron chi connectivity index (χ2n) is 9.22. The molecule has 2 heterocycles. The molecule has 1 aromatic heterocycles. The number of halogens is 2. The van der Waals surface area contributed by atoms with Gasteiger partial charge in [-0.05, 0) is 67.8 Å². The Morgan fingerprint density at radius 2 is 1.88 bits per heavy atom. The van der Waals surface area contributed by atoms with Crippen LogP contribution in [0.15, 0.2) is 87.6 Å². The smallest absolute Gasteiger partial charge is 0.227 e. The number of hydrogen-bond acceptors (Lipinski definition) is 7. The zero-order chi connectivity index (χ0) is 28.2. The SMILES string of the molecule is CCOc1cc(C2C(C(C)=O)=C(C)Nc3nc(SCc4ccccc4Cl)nn32)ccc1OCc1ccc(Br)cc1. The lowest BCUT2D eigenvalue weighted by Gasteiger charge is -2.28. The van der Waals surface area contributed by atoms with Gasteiger partial charge < -0.3 is 14.8 Å². The van der Waals surface area contributed by atoms with Crippen LogP contribution in [-0.2, 0) is 17.2 Å².